The lowest BCUT2D eigenvalue weighted by atomic mass is 10.2. The van der Waals surface area contributed by atoms with Crippen molar-refractivity contribution in [3.05, 3.63) is 52.5 Å². The molecule has 102 valence electrons. The van der Waals surface area contributed by atoms with Crippen molar-refractivity contribution in [1.29, 1.82) is 0 Å². The monoisotopic (exact) mass is 288 g/mol. The fraction of sp³-hybridized carbons (Fsp3) is 0.133. The van der Waals surface area contributed by atoms with Crippen LogP contribution in [0.2, 0.25) is 0 Å². The molecule has 0 aliphatic carbocycles. The van der Waals surface area contributed by atoms with E-state index in [-0.39, 0.29) is 5.82 Å². The third-order valence-electron chi connectivity index (χ3n) is 3.29. The largest absolute Gasteiger partial charge is 0.497 e. The van der Waals surface area contributed by atoms with Crippen molar-refractivity contribution in [2.75, 3.05) is 7.11 Å². The summed E-state index contributed by atoms with van der Waals surface area (Å²) in [6, 6.07) is 10.4. The Kier molecular flexibility index (Phi) is 3.06. The average molecular weight is 288 g/mol. The maximum atomic E-state index is 13.3. The van der Waals surface area contributed by atoms with Gasteiger partial charge in [-0.05, 0) is 55.0 Å². The minimum Gasteiger partial charge on any atom is -0.497 e. The van der Waals surface area contributed by atoms with E-state index in [4.69, 9.17) is 17.0 Å². The summed E-state index contributed by atoms with van der Waals surface area (Å²) < 4.78 is 21.0. The van der Waals surface area contributed by atoms with Gasteiger partial charge < -0.3 is 9.72 Å². The van der Waals surface area contributed by atoms with Crippen LogP contribution in [0.4, 0.5) is 4.39 Å². The SMILES string of the molecule is COc1ccc2[nH]c(=S)n(-c3ccc(F)cc3C)c2c1. The second kappa shape index (κ2) is 4.76. The summed E-state index contributed by atoms with van der Waals surface area (Å²) in [7, 11) is 1.62. The van der Waals surface area contributed by atoms with E-state index in [2.05, 4.69) is 4.98 Å². The van der Waals surface area contributed by atoms with Crippen LogP contribution in [0.1, 0.15) is 5.56 Å². The Hall–Kier alpha value is -2.14. The summed E-state index contributed by atoms with van der Waals surface area (Å²) in [4.78, 5) is 3.15. The van der Waals surface area contributed by atoms with Crippen LogP contribution >= 0.6 is 12.2 Å². The quantitative estimate of drug-likeness (QED) is 0.718. The number of nitrogens with one attached hydrogen (secondary N) is 1. The van der Waals surface area contributed by atoms with Crippen molar-refractivity contribution in [1.82, 2.24) is 9.55 Å². The van der Waals surface area contributed by atoms with E-state index >= 15 is 0 Å². The Bertz CT molecular complexity index is 851. The molecule has 2 aromatic carbocycles. The fourth-order valence-corrected chi connectivity index (χ4v) is 2.63. The third kappa shape index (κ3) is 2.00. The molecule has 0 spiro atoms. The zero-order valence-corrected chi connectivity index (χ0v) is 11.9. The minimum absolute atomic E-state index is 0.254. The first-order chi connectivity index (χ1) is 9.60. The Morgan fingerprint density at radius 3 is 2.70 bits per heavy atom. The first kappa shape index (κ1) is 12.9. The first-order valence-corrected chi connectivity index (χ1v) is 6.56. The predicted molar refractivity (Wildman–Crippen MR) is 79.7 cm³/mol. The molecule has 0 saturated carbocycles. The van der Waals surface area contributed by atoms with Crippen molar-refractivity contribution in [3.8, 4) is 11.4 Å². The molecule has 0 amide bonds. The van der Waals surface area contributed by atoms with Gasteiger partial charge in [0.15, 0.2) is 4.77 Å². The van der Waals surface area contributed by atoms with E-state index in [1.807, 2.05) is 29.7 Å². The number of rotatable bonds is 2. The van der Waals surface area contributed by atoms with E-state index in [0.717, 1.165) is 28.0 Å². The molecule has 0 bridgehead atoms. The highest BCUT2D eigenvalue weighted by atomic mass is 32.1. The molecule has 1 N–H and O–H groups in total. The van der Waals surface area contributed by atoms with Crippen molar-refractivity contribution in [2.45, 2.75) is 6.92 Å². The van der Waals surface area contributed by atoms with Crippen LogP contribution in [0.15, 0.2) is 36.4 Å². The number of halogens is 1. The molecule has 0 atom stereocenters. The molecule has 1 aromatic heterocycles. The molecule has 3 rings (SSSR count). The molecule has 3 aromatic rings. The van der Waals surface area contributed by atoms with Gasteiger partial charge in [-0.25, -0.2) is 4.39 Å². The number of H-pyrrole nitrogens is 1. The van der Waals surface area contributed by atoms with E-state index in [0.29, 0.717) is 4.77 Å². The van der Waals surface area contributed by atoms with Gasteiger partial charge in [0.1, 0.15) is 11.6 Å². The number of aryl methyl sites for hydroxylation is 1. The molecule has 5 heteroatoms. The Morgan fingerprint density at radius 1 is 1.20 bits per heavy atom. The number of aromatic amines is 1. The molecule has 0 saturated heterocycles. The van der Waals surface area contributed by atoms with Gasteiger partial charge in [-0.15, -0.1) is 0 Å². The van der Waals surface area contributed by atoms with Crippen molar-refractivity contribution < 1.29 is 9.13 Å². The summed E-state index contributed by atoms with van der Waals surface area (Å²) in [6.07, 6.45) is 0. The van der Waals surface area contributed by atoms with Gasteiger partial charge in [-0.1, -0.05) is 0 Å². The van der Waals surface area contributed by atoms with Gasteiger partial charge in [0, 0.05) is 6.07 Å². The van der Waals surface area contributed by atoms with Gasteiger partial charge in [-0.3, -0.25) is 4.57 Å². The van der Waals surface area contributed by atoms with Crippen molar-refractivity contribution >= 4 is 23.3 Å². The first-order valence-electron chi connectivity index (χ1n) is 6.15. The van der Waals surface area contributed by atoms with Crippen LogP contribution in [0, 0.1) is 17.5 Å². The Morgan fingerprint density at radius 2 is 2.00 bits per heavy atom. The third-order valence-corrected chi connectivity index (χ3v) is 3.57. The zero-order valence-electron chi connectivity index (χ0n) is 11.1. The smallest absolute Gasteiger partial charge is 0.182 e. The van der Waals surface area contributed by atoms with Crippen LogP contribution in [0.25, 0.3) is 16.7 Å². The van der Waals surface area contributed by atoms with E-state index in [1.54, 1.807) is 13.2 Å². The highest BCUT2D eigenvalue weighted by molar-refractivity contribution is 7.71. The lowest BCUT2D eigenvalue weighted by Crippen LogP contribution is -1.98. The lowest BCUT2D eigenvalue weighted by molar-refractivity contribution is 0.415. The number of fused-ring (bicyclic) bond motifs is 1. The standard InChI is InChI=1S/C15H13FN2OS/c1-9-7-10(16)3-6-13(9)18-14-8-11(19-2)4-5-12(14)17-15(18)20/h3-8H,1-2H3,(H,17,20). The lowest BCUT2D eigenvalue weighted by Gasteiger charge is -2.09. The van der Waals surface area contributed by atoms with Crippen LogP contribution in [-0.4, -0.2) is 16.7 Å². The normalized spacial score (nSPS) is 10.9. The van der Waals surface area contributed by atoms with Crippen LogP contribution < -0.4 is 4.74 Å². The molecular weight excluding hydrogens is 275 g/mol. The number of hydrogen-bond donors (Lipinski definition) is 1. The molecule has 3 nitrogen and oxygen atoms in total. The number of aromatic nitrogens is 2. The van der Waals surface area contributed by atoms with E-state index in [1.165, 1.54) is 12.1 Å². The maximum absolute atomic E-state index is 13.3. The fourth-order valence-electron chi connectivity index (χ4n) is 2.32. The molecule has 0 fully saturated rings. The molecule has 0 aliphatic rings. The van der Waals surface area contributed by atoms with Gasteiger partial charge in [0.05, 0.1) is 23.8 Å². The minimum atomic E-state index is -0.254. The van der Waals surface area contributed by atoms with Crippen LogP contribution in [-0.2, 0) is 0 Å². The molecule has 0 unspecified atom stereocenters. The van der Waals surface area contributed by atoms with E-state index < -0.39 is 0 Å². The Balaban J connectivity index is 2.34. The summed E-state index contributed by atoms with van der Waals surface area (Å²) in [6.45, 7) is 1.86. The second-order valence-electron chi connectivity index (χ2n) is 4.58. The molecule has 20 heavy (non-hydrogen) atoms. The molecule has 1 heterocycles. The maximum Gasteiger partial charge on any atom is 0.182 e. The summed E-state index contributed by atoms with van der Waals surface area (Å²) in [5, 5.41) is 0. The number of imidazole rings is 1. The zero-order chi connectivity index (χ0) is 14.3. The van der Waals surface area contributed by atoms with Crippen molar-refractivity contribution in [3.63, 3.8) is 0 Å². The number of ether oxygens (including phenoxy) is 1. The highest BCUT2D eigenvalue weighted by Crippen LogP contribution is 2.25. The molecular formula is C15H13FN2OS. The number of benzene rings is 2. The second-order valence-corrected chi connectivity index (χ2v) is 4.97. The number of hydrogen-bond acceptors (Lipinski definition) is 2. The Labute approximate surface area is 120 Å². The molecule has 0 aliphatic heterocycles. The van der Waals surface area contributed by atoms with Gasteiger partial charge >= 0.3 is 0 Å². The van der Waals surface area contributed by atoms with Crippen LogP contribution in [0.5, 0.6) is 5.75 Å². The van der Waals surface area contributed by atoms with Gasteiger partial charge in [0.2, 0.25) is 0 Å². The molecule has 0 radical (unpaired) electrons. The van der Waals surface area contributed by atoms with Crippen LogP contribution in [0.3, 0.4) is 0 Å². The number of nitrogens with zero attached hydrogens (tertiary/aromatic N) is 1. The van der Waals surface area contributed by atoms with Crippen molar-refractivity contribution in [2.24, 2.45) is 0 Å². The predicted octanol–water partition coefficient (Wildman–Crippen LogP) is 4.14. The summed E-state index contributed by atoms with van der Waals surface area (Å²) in [5.74, 6) is 0.496. The topological polar surface area (TPSA) is 29.9 Å². The number of methoxy groups -OCH3 is 1. The van der Waals surface area contributed by atoms with Gasteiger partial charge in [0.25, 0.3) is 0 Å². The summed E-state index contributed by atoms with van der Waals surface area (Å²) in [5.41, 5.74) is 3.50. The summed E-state index contributed by atoms with van der Waals surface area (Å²) >= 11 is 5.38. The average Bonchev–Trinajstić information content (AvgIpc) is 2.74. The van der Waals surface area contributed by atoms with Gasteiger partial charge in [-0.2, -0.15) is 0 Å². The van der Waals surface area contributed by atoms with E-state index in [9.17, 15) is 4.39 Å². The highest BCUT2D eigenvalue weighted by Gasteiger charge is 2.10.